The molecule has 0 aromatic heterocycles. The predicted octanol–water partition coefficient (Wildman–Crippen LogP) is 5.03. The molecule has 0 amide bonds. The first-order chi connectivity index (χ1) is 12.7. The molecule has 0 radical (unpaired) electrons. The average Bonchev–Trinajstić information content (AvgIpc) is 2.59. The maximum Gasteiger partial charge on any atom is 0.330 e. The van der Waals surface area contributed by atoms with Crippen molar-refractivity contribution in [3.63, 3.8) is 0 Å². The van der Waals surface area contributed by atoms with E-state index >= 15 is 0 Å². The molecule has 0 saturated heterocycles. The zero-order valence-corrected chi connectivity index (χ0v) is 17.8. The summed E-state index contributed by atoms with van der Waals surface area (Å²) in [4.78, 5) is 11.6. The molecule has 0 aromatic carbocycles. The molecule has 0 fully saturated rings. The summed E-state index contributed by atoms with van der Waals surface area (Å²) in [5.41, 5.74) is 5.13. The SMILES string of the molecule is CC(C)=CCC/C(C)=C/CC/C(C)=C/CC/C(C)=C/C(=O)OCC(O)CO. The number of aliphatic hydroxyl groups excluding tert-OH is 2. The predicted molar refractivity (Wildman–Crippen MR) is 112 cm³/mol. The van der Waals surface area contributed by atoms with E-state index < -0.39 is 18.7 Å². The van der Waals surface area contributed by atoms with Gasteiger partial charge in [0.05, 0.1) is 6.61 Å². The van der Waals surface area contributed by atoms with Crippen molar-refractivity contribution in [2.24, 2.45) is 0 Å². The number of rotatable bonds is 13. The van der Waals surface area contributed by atoms with Crippen LogP contribution < -0.4 is 0 Å². The van der Waals surface area contributed by atoms with Gasteiger partial charge in [-0.05, 0) is 73.1 Å². The summed E-state index contributed by atoms with van der Waals surface area (Å²) >= 11 is 0. The lowest BCUT2D eigenvalue weighted by atomic mass is 10.0. The fourth-order valence-electron chi connectivity index (χ4n) is 2.43. The Labute approximate surface area is 165 Å². The van der Waals surface area contributed by atoms with Crippen molar-refractivity contribution in [3.8, 4) is 0 Å². The van der Waals surface area contributed by atoms with Gasteiger partial charge in [0.1, 0.15) is 12.7 Å². The Balaban J connectivity index is 4.11. The minimum Gasteiger partial charge on any atom is -0.460 e. The lowest BCUT2D eigenvalue weighted by molar-refractivity contribution is -0.141. The zero-order chi connectivity index (χ0) is 20.7. The number of esters is 1. The number of hydrogen-bond donors (Lipinski definition) is 2. The van der Waals surface area contributed by atoms with Crippen molar-refractivity contribution in [3.05, 3.63) is 46.6 Å². The fraction of sp³-hybridized carbons (Fsp3) is 0.609. The maximum absolute atomic E-state index is 11.6. The van der Waals surface area contributed by atoms with E-state index in [9.17, 15) is 4.79 Å². The van der Waals surface area contributed by atoms with Gasteiger partial charge in [0, 0.05) is 6.08 Å². The number of ether oxygens (including phenoxy) is 1. The van der Waals surface area contributed by atoms with Crippen LogP contribution in [0.1, 0.15) is 73.1 Å². The quantitative estimate of drug-likeness (QED) is 0.268. The molecule has 1 atom stereocenters. The molecule has 0 aliphatic carbocycles. The molecule has 0 spiro atoms. The van der Waals surface area contributed by atoms with Crippen molar-refractivity contribution >= 4 is 5.97 Å². The second kappa shape index (κ2) is 15.4. The molecule has 0 saturated carbocycles. The van der Waals surface area contributed by atoms with Crippen LogP contribution in [-0.2, 0) is 9.53 Å². The molecule has 4 nitrogen and oxygen atoms in total. The third-order valence-corrected chi connectivity index (χ3v) is 4.15. The largest absolute Gasteiger partial charge is 0.460 e. The Bertz CT molecular complexity index is 549. The van der Waals surface area contributed by atoms with Gasteiger partial charge in [0.15, 0.2) is 0 Å². The molecular formula is C23H38O4. The highest BCUT2D eigenvalue weighted by Gasteiger charge is 2.05. The van der Waals surface area contributed by atoms with Gasteiger partial charge in [-0.2, -0.15) is 0 Å². The van der Waals surface area contributed by atoms with Gasteiger partial charge in [0.2, 0.25) is 0 Å². The molecule has 4 heteroatoms. The van der Waals surface area contributed by atoms with Gasteiger partial charge in [0.25, 0.3) is 0 Å². The molecule has 0 aliphatic rings. The monoisotopic (exact) mass is 378 g/mol. The van der Waals surface area contributed by atoms with E-state index in [4.69, 9.17) is 14.9 Å². The molecule has 0 aromatic rings. The van der Waals surface area contributed by atoms with E-state index in [2.05, 4.69) is 45.9 Å². The van der Waals surface area contributed by atoms with Crippen LogP contribution in [0.2, 0.25) is 0 Å². The van der Waals surface area contributed by atoms with Crippen molar-refractivity contribution in [1.82, 2.24) is 0 Å². The lowest BCUT2D eigenvalue weighted by Crippen LogP contribution is -2.21. The summed E-state index contributed by atoms with van der Waals surface area (Å²) in [7, 11) is 0. The average molecular weight is 379 g/mol. The van der Waals surface area contributed by atoms with Crippen LogP contribution in [0, 0.1) is 0 Å². The maximum atomic E-state index is 11.6. The summed E-state index contributed by atoms with van der Waals surface area (Å²) in [6.07, 6.45) is 13.3. The topological polar surface area (TPSA) is 66.8 Å². The highest BCUT2D eigenvalue weighted by atomic mass is 16.5. The van der Waals surface area contributed by atoms with Gasteiger partial charge < -0.3 is 14.9 Å². The molecule has 154 valence electrons. The van der Waals surface area contributed by atoms with Crippen LogP contribution in [-0.4, -0.2) is 35.5 Å². The van der Waals surface area contributed by atoms with E-state index in [1.165, 1.54) is 22.8 Å². The minimum atomic E-state index is -1.02. The van der Waals surface area contributed by atoms with Crippen LogP contribution in [0.4, 0.5) is 0 Å². The Morgan fingerprint density at radius 1 is 0.852 bits per heavy atom. The normalized spacial score (nSPS) is 14.1. The number of aliphatic hydroxyl groups is 2. The summed E-state index contributed by atoms with van der Waals surface area (Å²) in [5.74, 6) is -0.477. The number of carbonyl (C=O) groups excluding carboxylic acids is 1. The number of allylic oxidation sites excluding steroid dienone is 7. The fourth-order valence-corrected chi connectivity index (χ4v) is 2.43. The van der Waals surface area contributed by atoms with E-state index in [1.807, 2.05) is 6.92 Å². The van der Waals surface area contributed by atoms with Crippen molar-refractivity contribution in [2.75, 3.05) is 13.2 Å². The number of hydrogen-bond acceptors (Lipinski definition) is 4. The summed E-state index contributed by atoms with van der Waals surface area (Å²) in [6.45, 7) is 9.92. The van der Waals surface area contributed by atoms with Gasteiger partial charge >= 0.3 is 5.97 Å². The van der Waals surface area contributed by atoms with Crippen molar-refractivity contribution in [1.29, 1.82) is 0 Å². The number of carbonyl (C=O) groups is 1. The Morgan fingerprint density at radius 2 is 1.33 bits per heavy atom. The highest BCUT2D eigenvalue weighted by molar-refractivity contribution is 5.82. The second-order valence-corrected chi connectivity index (χ2v) is 7.46. The van der Waals surface area contributed by atoms with Crippen LogP contribution in [0.25, 0.3) is 0 Å². The molecule has 1 unspecified atom stereocenters. The zero-order valence-electron chi connectivity index (χ0n) is 17.8. The van der Waals surface area contributed by atoms with Gasteiger partial charge in [-0.1, -0.05) is 40.5 Å². The first kappa shape index (κ1) is 25.4. The van der Waals surface area contributed by atoms with Gasteiger partial charge in [-0.15, -0.1) is 0 Å². The summed E-state index contributed by atoms with van der Waals surface area (Å²) < 4.78 is 4.86. The molecule has 0 rings (SSSR count). The van der Waals surface area contributed by atoms with Crippen LogP contribution in [0.5, 0.6) is 0 Å². The summed E-state index contributed by atoms with van der Waals surface area (Å²) in [6, 6.07) is 0. The van der Waals surface area contributed by atoms with E-state index in [0.717, 1.165) is 44.1 Å². The first-order valence-electron chi connectivity index (χ1n) is 9.82. The minimum absolute atomic E-state index is 0.181. The van der Waals surface area contributed by atoms with E-state index in [0.29, 0.717) is 0 Å². The van der Waals surface area contributed by atoms with Crippen LogP contribution in [0.3, 0.4) is 0 Å². The lowest BCUT2D eigenvalue weighted by Gasteiger charge is -2.07. The summed E-state index contributed by atoms with van der Waals surface area (Å²) in [5, 5.41) is 17.8. The smallest absolute Gasteiger partial charge is 0.330 e. The van der Waals surface area contributed by atoms with E-state index in [1.54, 1.807) is 0 Å². The Morgan fingerprint density at radius 3 is 1.81 bits per heavy atom. The molecule has 0 bridgehead atoms. The van der Waals surface area contributed by atoms with Gasteiger partial charge in [-0.3, -0.25) is 0 Å². The molecule has 0 heterocycles. The standard InChI is InChI=1S/C23H38O4/c1-18(2)9-6-10-19(3)11-7-12-20(4)13-8-14-21(5)15-23(26)27-17-22(25)16-24/h9,11,13,15,22,24-25H,6-8,10,12,14,16-17H2,1-5H3/b19-11+,20-13+,21-15+. The third-order valence-electron chi connectivity index (χ3n) is 4.15. The molecule has 0 aliphatic heterocycles. The molecule has 27 heavy (non-hydrogen) atoms. The Hall–Kier alpha value is -1.65. The third kappa shape index (κ3) is 16.3. The van der Waals surface area contributed by atoms with Crippen molar-refractivity contribution in [2.45, 2.75) is 79.2 Å². The van der Waals surface area contributed by atoms with Crippen LogP contribution >= 0.6 is 0 Å². The molecular weight excluding hydrogens is 340 g/mol. The van der Waals surface area contributed by atoms with Crippen molar-refractivity contribution < 1.29 is 19.7 Å². The van der Waals surface area contributed by atoms with Gasteiger partial charge in [-0.25, -0.2) is 4.79 Å². The Kier molecular flexibility index (Phi) is 14.5. The van der Waals surface area contributed by atoms with E-state index in [-0.39, 0.29) is 6.61 Å². The second-order valence-electron chi connectivity index (χ2n) is 7.46. The molecule has 2 N–H and O–H groups in total. The first-order valence-corrected chi connectivity index (χ1v) is 9.82. The van der Waals surface area contributed by atoms with Crippen LogP contribution in [0.15, 0.2) is 46.6 Å². The highest BCUT2D eigenvalue weighted by Crippen LogP contribution is 2.13.